The standard InChI is InChI=1S/C24H35F/c1-2-3-4-19-5-7-20(8-6-19)9-10-21-11-13-22(14-12-21)23-15-17-24(25)18-16-23/h9-10,15-22H,2-8,11-14H2,1H3/b10-9+. The average molecular weight is 343 g/mol. The van der Waals surface area contributed by atoms with Gasteiger partial charge in [-0.1, -0.05) is 50.5 Å². The Hall–Kier alpha value is -1.11. The normalized spacial score (nSPS) is 30.6. The molecular formula is C24H35F. The minimum absolute atomic E-state index is 0.121. The van der Waals surface area contributed by atoms with E-state index in [0.29, 0.717) is 5.92 Å². The summed E-state index contributed by atoms with van der Waals surface area (Å²) in [6, 6.07) is 7.18. The Morgan fingerprint density at radius 1 is 0.840 bits per heavy atom. The molecule has 0 aliphatic heterocycles. The molecule has 2 saturated carbocycles. The first-order valence-corrected chi connectivity index (χ1v) is 10.7. The molecule has 1 aromatic carbocycles. The summed E-state index contributed by atoms with van der Waals surface area (Å²) in [5.41, 5.74) is 1.33. The number of hydrogen-bond acceptors (Lipinski definition) is 0. The molecule has 0 heterocycles. The van der Waals surface area contributed by atoms with Crippen LogP contribution in [0, 0.1) is 23.6 Å². The van der Waals surface area contributed by atoms with Gasteiger partial charge in [0.25, 0.3) is 0 Å². The smallest absolute Gasteiger partial charge is 0.123 e. The van der Waals surface area contributed by atoms with Crippen LogP contribution in [-0.2, 0) is 0 Å². The van der Waals surface area contributed by atoms with Gasteiger partial charge in [0.2, 0.25) is 0 Å². The number of halogens is 1. The lowest BCUT2D eigenvalue weighted by Gasteiger charge is -2.29. The highest BCUT2D eigenvalue weighted by molar-refractivity contribution is 5.21. The van der Waals surface area contributed by atoms with Crippen molar-refractivity contribution in [2.75, 3.05) is 0 Å². The van der Waals surface area contributed by atoms with Gasteiger partial charge < -0.3 is 0 Å². The van der Waals surface area contributed by atoms with E-state index in [9.17, 15) is 4.39 Å². The first-order valence-electron chi connectivity index (χ1n) is 10.7. The molecule has 25 heavy (non-hydrogen) atoms. The SMILES string of the molecule is CCCCC1CCC(/C=C/C2CCC(c3ccc(F)cc3)CC2)CC1. The molecule has 2 aliphatic rings. The summed E-state index contributed by atoms with van der Waals surface area (Å²) in [5.74, 6) is 3.14. The van der Waals surface area contributed by atoms with E-state index >= 15 is 0 Å². The Morgan fingerprint density at radius 2 is 1.40 bits per heavy atom. The molecule has 0 bridgehead atoms. The van der Waals surface area contributed by atoms with E-state index in [-0.39, 0.29) is 5.82 Å². The fourth-order valence-electron chi connectivity index (χ4n) is 4.86. The number of benzene rings is 1. The third-order valence-corrected chi connectivity index (χ3v) is 6.63. The number of allylic oxidation sites excluding steroid dienone is 2. The van der Waals surface area contributed by atoms with Gasteiger partial charge in [0.05, 0.1) is 0 Å². The van der Waals surface area contributed by atoms with Gasteiger partial charge in [-0.05, 0) is 92.7 Å². The van der Waals surface area contributed by atoms with Crippen molar-refractivity contribution in [2.45, 2.75) is 83.5 Å². The van der Waals surface area contributed by atoms with E-state index < -0.39 is 0 Å². The lowest BCUT2D eigenvalue weighted by atomic mass is 9.77. The van der Waals surface area contributed by atoms with Crippen molar-refractivity contribution >= 4 is 0 Å². The molecule has 1 aromatic rings. The summed E-state index contributed by atoms with van der Waals surface area (Å²) in [7, 11) is 0. The van der Waals surface area contributed by atoms with Gasteiger partial charge in [-0.3, -0.25) is 0 Å². The van der Waals surface area contributed by atoms with Crippen LogP contribution in [0.15, 0.2) is 36.4 Å². The predicted molar refractivity (Wildman–Crippen MR) is 105 cm³/mol. The molecule has 0 spiro atoms. The Morgan fingerprint density at radius 3 is 1.96 bits per heavy atom. The van der Waals surface area contributed by atoms with Crippen LogP contribution in [0.2, 0.25) is 0 Å². The van der Waals surface area contributed by atoms with Gasteiger partial charge >= 0.3 is 0 Å². The maximum Gasteiger partial charge on any atom is 0.123 e. The van der Waals surface area contributed by atoms with Gasteiger partial charge in [0, 0.05) is 0 Å². The van der Waals surface area contributed by atoms with Crippen LogP contribution >= 0.6 is 0 Å². The lowest BCUT2D eigenvalue weighted by molar-refractivity contribution is 0.289. The fraction of sp³-hybridized carbons (Fsp3) is 0.667. The Bertz CT molecular complexity index is 514. The molecule has 0 atom stereocenters. The first-order chi connectivity index (χ1) is 12.2. The highest BCUT2D eigenvalue weighted by Crippen LogP contribution is 2.37. The molecular weight excluding hydrogens is 307 g/mol. The molecule has 2 fully saturated rings. The minimum Gasteiger partial charge on any atom is -0.207 e. The summed E-state index contributed by atoms with van der Waals surface area (Å²) in [6.07, 6.45) is 20.1. The van der Waals surface area contributed by atoms with Crippen LogP contribution < -0.4 is 0 Å². The molecule has 0 unspecified atom stereocenters. The molecule has 0 radical (unpaired) electrons. The number of unbranched alkanes of at least 4 members (excludes halogenated alkanes) is 1. The maximum absolute atomic E-state index is 13.1. The molecule has 0 N–H and O–H groups in total. The second kappa shape index (κ2) is 9.55. The lowest BCUT2D eigenvalue weighted by Crippen LogP contribution is -2.14. The second-order valence-electron chi connectivity index (χ2n) is 8.47. The number of rotatable bonds is 6. The van der Waals surface area contributed by atoms with Crippen molar-refractivity contribution in [1.29, 1.82) is 0 Å². The summed E-state index contributed by atoms with van der Waals surface area (Å²) in [4.78, 5) is 0. The second-order valence-corrected chi connectivity index (χ2v) is 8.47. The van der Waals surface area contributed by atoms with Gasteiger partial charge in [0.1, 0.15) is 5.82 Å². The molecule has 0 amide bonds. The Labute approximate surface area is 153 Å². The van der Waals surface area contributed by atoms with Crippen LogP contribution in [-0.4, -0.2) is 0 Å². The minimum atomic E-state index is -0.121. The zero-order valence-electron chi connectivity index (χ0n) is 15.9. The van der Waals surface area contributed by atoms with Gasteiger partial charge in [-0.25, -0.2) is 4.39 Å². The summed E-state index contributed by atoms with van der Waals surface area (Å²) < 4.78 is 13.1. The van der Waals surface area contributed by atoms with E-state index in [1.165, 1.54) is 76.2 Å². The molecule has 3 rings (SSSR count). The quantitative estimate of drug-likeness (QED) is 0.466. The Balaban J connectivity index is 1.39. The molecule has 0 saturated heterocycles. The van der Waals surface area contributed by atoms with Gasteiger partial charge in [0.15, 0.2) is 0 Å². The van der Waals surface area contributed by atoms with Gasteiger partial charge in [-0.2, -0.15) is 0 Å². The molecule has 1 heteroatoms. The van der Waals surface area contributed by atoms with Crippen molar-refractivity contribution in [3.63, 3.8) is 0 Å². The van der Waals surface area contributed by atoms with E-state index in [2.05, 4.69) is 19.1 Å². The molecule has 0 nitrogen and oxygen atoms in total. The van der Waals surface area contributed by atoms with Crippen molar-refractivity contribution in [2.24, 2.45) is 17.8 Å². The van der Waals surface area contributed by atoms with Crippen LogP contribution in [0.5, 0.6) is 0 Å². The zero-order valence-corrected chi connectivity index (χ0v) is 15.9. The molecule has 138 valence electrons. The van der Waals surface area contributed by atoms with Crippen molar-refractivity contribution in [3.05, 3.63) is 47.8 Å². The van der Waals surface area contributed by atoms with E-state index in [4.69, 9.17) is 0 Å². The molecule has 0 aromatic heterocycles. The highest BCUT2D eigenvalue weighted by Gasteiger charge is 2.22. The summed E-state index contributed by atoms with van der Waals surface area (Å²) in [5, 5.41) is 0. The van der Waals surface area contributed by atoms with Crippen LogP contribution in [0.4, 0.5) is 4.39 Å². The van der Waals surface area contributed by atoms with Crippen LogP contribution in [0.3, 0.4) is 0 Å². The number of hydrogen-bond donors (Lipinski definition) is 0. The third kappa shape index (κ3) is 5.69. The van der Waals surface area contributed by atoms with Crippen molar-refractivity contribution in [1.82, 2.24) is 0 Å². The van der Waals surface area contributed by atoms with E-state index in [1.54, 1.807) is 12.1 Å². The predicted octanol–water partition coefficient (Wildman–Crippen LogP) is 7.65. The fourth-order valence-corrected chi connectivity index (χ4v) is 4.86. The van der Waals surface area contributed by atoms with Crippen molar-refractivity contribution < 1.29 is 4.39 Å². The largest absolute Gasteiger partial charge is 0.207 e. The topological polar surface area (TPSA) is 0 Å². The van der Waals surface area contributed by atoms with Crippen LogP contribution in [0.1, 0.15) is 89.0 Å². The summed E-state index contributed by atoms with van der Waals surface area (Å²) in [6.45, 7) is 2.30. The highest BCUT2D eigenvalue weighted by atomic mass is 19.1. The summed E-state index contributed by atoms with van der Waals surface area (Å²) >= 11 is 0. The van der Waals surface area contributed by atoms with Crippen molar-refractivity contribution in [3.8, 4) is 0 Å². The maximum atomic E-state index is 13.1. The first kappa shape index (κ1) is 18.7. The monoisotopic (exact) mass is 342 g/mol. The van der Waals surface area contributed by atoms with E-state index in [1.807, 2.05) is 12.1 Å². The third-order valence-electron chi connectivity index (χ3n) is 6.63. The van der Waals surface area contributed by atoms with Gasteiger partial charge in [-0.15, -0.1) is 0 Å². The average Bonchev–Trinajstić information content (AvgIpc) is 2.67. The van der Waals surface area contributed by atoms with E-state index in [0.717, 1.165) is 17.8 Å². The molecule has 2 aliphatic carbocycles. The van der Waals surface area contributed by atoms with Crippen LogP contribution in [0.25, 0.3) is 0 Å². The Kier molecular flexibility index (Phi) is 7.13. The zero-order chi connectivity index (χ0) is 17.5.